The Kier molecular flexibility index (Phi) is 9.14. The van der Waals surface area contributed by atoms with Gasteiger partial charge in [-0.1, -0.05) is 11.6 Å². The lowest BCUT2D eigenvalue weighted by molar-refractivity contribution is -0.121. The van der Waals surface area contributed by atoms with Crippen LogP contribution in [0.3, 0.4) is 0 Å². The van der Waals surface area contributed by atoms with Gasteiger partial charge < -0.3 is 35.3 Å². The number of imidazole rings is 1. The number of H-pyrrole nitrogens is 1. The van der Waals surface area contributed by atoms with E-state index in [0.29, 0.717) is 56.2 Å². The smallest absolute Gasteiger partial charge is 0.273 e. The summed E-state index contributed by atoms with van der Waals surface area (Å²) < 4.78 is 11.0. The fraction of sp³-hybridized carbons (Fsp3) is 0.556. The zero-order valence-electron chi connectivity index (χ0n) is 22.7. The average Bonchev–Trinajstić information content (AvgIpc) is 3.44. The van der Waals surface area contributed by atoms with E-state index in [-0.39, 0.29) is 35.2 Å². The number of carbonyl (C=O) groups excluding carboxylic acids is 3. The van der Waals surface area contributed by atoms with E-state index in [1.807, 2.05) is 26.0 Å². The molecule has 1 saturated carbocycles. The molecule has 212 valence electrons. The Morgan fingerprint density at radius 3 is 2.56 bits per heavy atom. The van der Waals surface area contributed by atoms with Crippen molar-refractivity contribution in [2.24, 2.45) is 11.7 Å². The highest BCUT2D eigenvalue weighted by Crippen LogP contribution is 2.33. The van der Waals surface area contributed by atoms with Crippen LogP contribution in [0.1, 0.15) is 60.5 Å². The molecule has 4 rings (SSSR count). The highest BCUT2D eigenvalue weighted by atomic mass is 35.5. The summed E-state index contributed by atoms with van der Waals surface area (Å²) in [5, 5.41) is 3.51. The number of nitrogens with one attached hydrogen (secondary N) is 2. The summed E-state index contributed by atoms with van der Waals surface area (Å²) in [7, 11) is 1.59. The highest BCUT2D eigenvalue weighted by Gasteiger charge is 2.37. The van der Waals surface area contributed by atoms with Crippen molar-refractivity contribution in [2.75, 3.05) is 50.2 Å². The van der Waals surface area contributed by atoms with Crippen molar-refractivity contribution < 1.29 is 23.9 Å². The van der Waals surface area contributed by atoms with E-state index >= 15 is 0 Å². The first-order valence-electron chi connectivity index (χ1n) is 13.2. The monoisotopic (exact) mass is 560 g/mol. The van der Waals surface area contributed by atoms with Crippen LogP contribution in [0.15, 0.2) is 24.5 Å². The number of morpholine rings is 1. The Bertz CT molecular complexity index is 1190. The molecule has 2 fully saturated rings. The number of rotatable bonds is 9. The number of amides is 3. The average molecular weight is 561 g/mol. The van der Waals surface area contributed by atoms with Crippen LogP contribution in [0.2, 0.25) is 5.02 Å². The molecule has 0 unspecified atom stereocenters. The number of hydrogen-bond acceptors (Lipinski definition) is 7. The molecule has 0 atom stereocenters. The lowest BCUT2D eigenvalue weighted by atomic mass is 9.84. The lowest BCUT2D eigenvalue weighted by Gasteiger charge is -2.40. The first-order chi connectivity index (χ1) is 18.6. The number of nitrogens with two attached hydrogens (primary N) is 1. The highest BCUT2D eigenvalue weighted by molar-refractivity contribution is 6.33. The minimum Gasteiger partial charge on any atom is -0.378 e. The van der Waals surface area contributed by atoms with Crippen molar-refractivity contribution in [3.05, 3.63) is 40.9 Å². The Morgan fingerprint density at radius 1 is 1.23 bits per heavy atom. The quantitative estimate of drug-likeness (QED) is 0.427. The SMILES string of the molecule is COC(C)(C)CN(C(=O)c1[nH]cnc1C(N)=O)C1CCC(C(=O)Nc2cc(N3CCOCC3)ccc2Cl)CC1. The number of aromatic nitrogens is 2. The van der Waals surface area contributed by atoms with Crippen LogP contribution in [0.4, 0.5) is 11.4 Å². The van der Waals surface area contributed by atoms with Crippen LogP contribution in [0.25, 0.3) is 0 Å². The van der Waals surface area contributed by atoms with Gasteiger partial charge in [-0.2, -0.15) is 0 Å². The second kappa shape index (κ2) is 12.4. The van der Waals surface area contributed by atoms with Gasteiger partial charge in [0.25, 0.3) is 11.8 Å². The first-order valence-corrected chi connectivity index (χ1v) is 13.6. The molecule has 0 radical (unpaired) electrons. The van der Waals surface area contributed by atoms with Gasteiger partial charge in [-0.05, 0) is 57.7 Å². The number of methoxy groups -OCH3 is 1. The summed E-state index contributed by atoms with van der Waals surface area (Å²) in [6.45, 7) is 6.98. The van der Waals surface area contributed by atoms with Crippen LogP contribution in [0, 0.1) is 5.92 Å². The second-order valence-corrected chi connectivity index (χ2v) is 11.1. The Hall–Kier alpha value is -3.15. The van der Waals surface area contributed by atoms with Crippen molar-refractivity contribution in [3.63, 3.8) is 0 Å². The normalized spacial score (nSPS) is 19.9. The van der Waals surface area contributed by atoms with Crippen LogP contribution in [-0.4, -0.2) is 84.2 Å². The summed E-state index contributed by atoms with van der Waals surface area (Å²) in [5.74, 6) is -1.45. The summed E-state index contributed by atoms with van der Waals surface area (Å²) in [6, 6.07) is 5.51. The molecule has 1 aromatic heterocycles. The standard InChI is InChI=1S/C27H37ClN6O5/c1-27(2,38-3)15-34(26(37)23-22(24(29)35)30-16-31-23)18-6-4-17(5-7-18)25(36)32-21-14-19(8-9-20(21)28)33-10-12-39-13-11-33/h8-9,14,16-18H,4-7,10-13,15H2,1-3H3,(H2,29,35)(H,30,31)(H,32,36). The molecule has 1 aliphatic heterocycles. The van der Waals surface area contributed by atoms with E-state index in [1.54, 1.807) is 18.1 Å². The van der Waals surface area contributed by atoms with E-state index in [2.05, 4.69) is 20.2 Å². The number of anilines is 2. The molecular weight excluding hydrogens is 524 g/mol. The summed E-state index contributed by atoms with van der Waals surface area (Å²) in [4.78, 5) is 49.2. The molecule has 39 heavy (non-hydrogen) atoms. The fourth-order valence-electron chi connectivity index (χ4n) is 5.14. The predicted octanol–water partition coefficient (Wildman–Crippen LogP) is 3.06. The number of ether oxygens (including phenoxy) is 2. The van der Waals surface area contributed by atoms with Gasteiger partial charge in [0.2, 0.25) is 5.91 Å². The van der Waals surface area contributed by atoms with Crippen molar-refractivity contribution in [3.8, 4) is 0 Å². The molecule has 1 aromatic carbocycles. The number of hydrogen-bond donors (Lipinski definition) is 3. The number of nitrogens with zero attached hydrogens (tertiary/aromatic N) is 3. The second-order valence-electron chi connectivity index (χ2n) is 10.6. The maximum Gasteiger partial charge on any atom is 0.273 e. The number of benzene rings is 1. The molecule has 0 bridgehead atoms. The third-order valence-electron chi connectivity index (χ3n) is 7.54. The lowest BCUT2D eigenvalue weighted by Crippen LogP contribution is -2.50. The molecule has 11 nitrogen and oxygen atoms in total. The molecule has 0 spiro atoms. The van der Waals surface area contributed by atoms with Gasteiger partial charge in [0.1, 0.15) is 5.69 Å². The van der Waals surface area contributed by atoms with Gasteiger partial charge in [-0.25, -0.2) is 4.98 Å². The van der Waals surface area contributed by atoms with E-state index in [4.69, 9.17) is 26.8 Å². The molecule has 2 aliphatic rings. The van der Waals surface area contributed by atoms with Crippen LogP contribution >= 0.6 is 11.6 Å². The van der Waals surface area contributed by atoms with Crippen molar-refractivity contribution in [2.45, 2.75) is 51.2 Å². The number of aromatic amines is 1. The van der Waals surface area contributed by atoms with E-state index in [9.17, 15) is 14.4 Å². The van der Waals surface area contributed by atoms with Gasteiger partial charge >= 0.3 is 0 Å². The first kappa shape index (κ1) is 28.8. The molecule has 3 amide bonds. The molecule has 1 saturated heterocycles. The Balaban J connectivity index is 1.43. The molecule has 12 heteroatoms. The summed E-state index contributed by atoms with van der Waals surface area (Å²) in [6.07, 6.45) is 3.71. The van der Waals surface area contributed by atoms with Gasteiger partial charge in [0.15, 0.2) is 5.69 Å². The van der Waals surface area contributed by atoms with Gasteiger partial charge in [0, 0.05) is 44.4 Å². The third-order valence-corrected chi connectivity index (χ3v) is 7.87. The minimum absolute atomic E-state index is 0.0593. The maximum atomic E-state index is 13.6. The third kappa shape index (κ3) is 6.90. The molecule has 1 aliphatic carbocycles. The molecule has 4 N–H and O–H groups in total. The van der Waals surface area contributed by atoms with E-state index < -0.39 is 11.5 Å². The van der Waals surface area contributed by atoms with Gasteiger partial charge in [0.05, 0.1) is 35.9 Å². The van der Waals surface area contributed by atoms with Crippen LogP contribution < -0.4 is 16.0 Å². The van der Waals surface area contributed by atoms with Crippen molar-refractivity contribution in [1.29, 1.82) is 0 Å². The Labute approximate surface area is 233 Å². The summed E-state index contributed by atoms with van der Waals surface area (Å²) >= 11 is 6.42. The van der Waals surface area contributed by atoms with Crippen LogP contribution in [0.5, 0.6) is 0 Å². The van der Waals surface area contributed by atoms with Crippen molar-refractivity contribution in [1.82, 2.24) is 14.9 Å². The van der Waals surface area contributed by atoms with Gasteiger partial charge in [-0.15, -0.1) is 0 Å². The zero-order valence-corrected chi connectivity index (χ0v) is 23.4. The minimum atomic E-state index is -0.776. The number of carbonyl (C=O) groups is 3. The molecular formula is C27H37ClN6O5. The fourth-order valence-corrected chi connectivity index (χ4v) is 5.31. The van der Waals surface area contributed by atoms with E-state index in [0.717, 1.165) is 18.8 Å². The molecule has 2 heterocycles. The molecule has 2 aromatic rings. The Morgan fingerprint density at radius 2 is 1.92 bits per heavy atom. The zero-order chi connectivity index (χ0) is 28.2. The number of halogens is 1. The van der Waals surface area contributed by atoms with Gasteiger partial charge in [-0.3, -0.25) is 14.4 Å². The maximum absolute atomic E-state index is 13.6. The predicted molar refractivity (Wildman–Crippen MR) is 148 cm³/mol. The topological polar surface area (TPSA) is 143 Å². The summed E-state index contributed by atoms with van der Waals surface area (Å²) in [5.41, 5.74) is 6.35. The van der Waals surface area contributed by atoms with Crippen LogP contribution in [-0.2, 0) is 14.3 Å². The number of primary amides is 1. The van der Waals surface area contributed by atoms with E-state index in [1.165, 1.54) is 6.33 Å². The van der Waals surface area contributed by atoms with Crippen molar-refractivity contribution >= 4 is 40.7 Å². The largest absolute Gasteiger partial charge is 0.378 e.